The number of esters is 1. The summed E-state index contributed by atoms with van der Waals surface area (Å²) in [6, 6.07) is 9.94. The number of halogens is 1. The van der Waals surface area contributed by atoms with Gasteiger partial charge >= 0.3 is 5.97 Å². The third kappa shape index (κ3) is 3.44. The van der Waals surface area contributed by atoms with Gasteiger partial charge in [-0.2, -0.15) is 0 Å². The molecule has 1 aliphatic heterocycles. The van der Waals surface area contributed by atoms with Crippen LogP contribution in [0.4, 0.5) is 4.39 Å². The second kappa shape index (κ2) is 6.30. The minimum Gasteiger partial charge on any atom is -0.407 e. The fraction of sp³-hybridized carbons (Fsp3) is 0.118. The summed E-state index contributed by atoms with van der Waals surface area (Å²) in [4.78, 5) is 19.9. The first-order valence-electron chi connectivity index (χ1n) is 6.86. The number of cyclic esters (lactones) is 1. The number of aryl methyl sites for hydroxylation is 1. The third-order valence-electron chi connectivity index (χ3n) is 3.17. The Morgan fingerprint density at radius 1 is 1.18 bits per heavy atom. The summed E-state index contributed by atoms with van der Waals surface area (Å²) in [5, 5.41) is 0. The lowest BCUT2D eigenvalue weighted by molar-refractivity contribution is -0.130. The summed E-state index contributed by atoms with van der Waals surface area (Å²) in [5.41, 5.74) is 1.87. The Bertz CT molecular complexity index is 754. The number of hydrogen-bond donors (Lipinski definition) is 0. The molecular weight excluding hydrogens is 283 g/mol. The van der Waals surface area contributed by atoms with Gasteiger partial charge in [0.15, 0.2) is 11.6 Å². The molecule has 4 nitrogen and oxygen atoms in total. The van der Waals surface area contributed by atoms with Crippen molar-refractivity contribution in [2.24, 2.45) is 4.99 Å². The molecule has 5 heteroatoms. The van der Waals surface area contributed by atoms with Gasteiger partial charge in [-0.15, -0.1) is 0 Å². The maximum atomic E-state index is 13.1. The number of hydrogen-bond acceptors (Lipinski definition) is 4. The summed E-state index contributed by atoms with van der Waals surface area (Å²) in [6.07, 6.45) is 5.93. The van der Waals surface area contributed by atoms with E-state index in [1.807, 2.05) is 12.1 Å². The predicted octanol–water partition coefficient (Wildman–Crippen LogP) is 3.15. The van der Waals surface area contributed by atoms with Gasteiger partial charge in [0.05, 0.1) is 0 Å². The average molecular weight is 296 g/mol. The molecule has 22 heavy (non-hydrogen) atoms. The van der Waals surface area contributed by atoms with Crippen molar-refractivity contribution in [1.82, 2.24) is 4.98 Å². The number of aliphatic imine (C=N–C) groups is 1. The van der Waals surface area contributed by atoms with Crippen molar-refractivity contribution in [2.75, 3.05) is 0 Å². The van der Waals surface area contributed by atoms with Crippen LogP contribution in [0.25, 0.3) is 6.08 Å². The fourth-order valence-electron chi connectivity index (χ4n) is 2.12. The Balaban J connectivity index is 1.69. The summed E-state index contributed by atoms with van der Waals surface area (Å²) < 4.78 is 18.2. The molecule has 2 heterocycles. The third-order valence-corrected chi connectivity index (χ3v) is 3.17. The van der Waals surface area contributed by atoms with Gasteiger partial charge in [-0.3, -0.25) is 4.98 Å². The molecule has 0 radical (unpaired) electrons. The summed E-state index contributed by atoms with van der Waals surface area (Å²) >= 11 is 0. The van der Waals surface area contributed by atoms with E-state index >= 15 is 0 Å². The lowest BCUT2D eigenvalue weighted by Crippen LogP contribution is -2.05. The van der Waals surface area contributed by atoms with Crippen molar-refractivity contribution >= 4 is 17.9 Å². The van der Waals surface area contributed by atoms with E-state index in [0.29, 0.717) is 18.7 Å². The zero-order valence-corrected chi connectivity index (χ0v) is 11.7. The highest BCUT2D eigenvalue weighted by Gasteiger charge is 2.22. The number of ether oxygens (including phenoxy) is 1. The second-order valence-electron chi connectivity index (χ2n) is 4.84. The molecule has 0 amide bonds. The van der Waals surface area contributed by atoms with Crippen LogP contribution in [0.3, 0.4) is 0 Å². The van der Waals surface area contributed by atoms with Crippen LogP contribution < -0.4 is 0 Å². The van der Waals surface area contributed by atoms with Crippen molar-refractivity contribution in [3.05, 3.63) is 71.4 Å². The molecule has 110 valence electrons. The van der Waals surface area contributed by atoms with Gasteiger partial charge < -0.3 is 4.74 Å². The van der Waals surface area contributed by atoms with Crippen LogP contribution >= 0.6 is 0 Å². The molecule has 0 aliphatic carbocycles. The summed E-state index contributed by atoms with van der Waals surface area (Å²) in [7, 11) is 0. The monoisotopic (exact) mass is 296 g/mol. The van der Waals surface area contributed by atoms with Crippen molar-refractivity contribution in [1.29, 1.82) is 0 Å². The van der Waals surface area contributed by atoms with E-state index in [-0.39, 0.29) is 11.5 Å². The summed E-state index contributed by atoms with van der Waals surface area (Å²) in [5.74, 6) is -0.400. The van der Waals surface area contributed by atoms with Crippen LogP contribution in [0.5, 0.6) is 0 Å². The highest BCUT2D eigenvalue weighted by atomic mass is 19.1. The van der Waals surface area contributed by atoms with Crippen LogP contribution in [-0.4, -0.2) is 16.9 Å². The highest BCUT2D eigenvalue weighted by molar-refractivity contribution is 6.07. The fourth-order valence-corrected chi connectivity index (χ4v) is 2.12. The highest BCUT2D eigenvalue weighted by Crippen LogP contribution is 2.17. The number of benzene rings is 1. The topological polar surface area (TPSA) is 51.5 Å². The van der Waals surface area contributed by atoms with Gasteiger partial charge in [-0.25, -0.2) is 14.2 Å². The largest absolute Gasteiger partial charge is 0.407 e. The van der Waals surface area contributed by atoms with Crippen molar-refractivity contribution in [2.45, 2.75) is 12.8 Å². The predicted molar refractivity (Wildman–Crippen MR) is 80.5 cm³/mol. The molecule has 0 atom stereocenters. The molecule has 0 saturated heterocycles. The van der Waals surface area contributed by atoms with Crippen LogP contribution in [0.15, 0.2) is 59.5 Å². The zero-order chi connectivity index (χ0) is 15.4. The standard InChI is InChI=1S/C17H13FN2O2/c18-14-5-1-3-12(9-14)6-7-16-20-15(17(21)22-16)10-13-4-2-8-19-11-13/h1-5,8-11H,6-7H2/b15-10+. The van der Waals surface area contributed by atoms with Gasteiger partial charge in [-0.1, -0.05) is 18.2 Å². The lowest BCUT2D eigenvalue weighted by Gasteiger charge is -2.00. The zero-order valence-electron chi connectivity index (χ0n) is 11.7. The molecule has 2 aromatic rings. The Kier molecular flexibility index (Phi) is 4.05. The van der Waals surface area contributed by atoms with E-state index in [9.17, 15) is 9.18 Å². The van der Waals surface area contributed by atoms with E-state index in [4.69, 9.17) is 4.74 Å². The number of rotatable bonds is 4. The quantitative estimate of drug-likeness (QED) is 0.643. The maximum absolute atomic E-state index is 13.1. The molecule has 0 bridgehead atoms. The molecule has 1 aromatic heterocycles. The van der Waals surface area contributed by atoms with E-state index in [1.165, 1.54) is 12.1 Å². The van der Waals surface area contributed by atoms with Crippen molar-refractivity contribution in [3.8, 4) is 0 Å². The number of carbonyl (C=O) groups excluding carboxylic acids is 1. The molecule has 0 fully saturated rings. The molecule has 0 N–H and O–H groups in total. The lowest BCUT2D eigenvalue weighted by atomic mass is 10.1. The van der Waals surface area contributed by atoms with Gasteiger partial charge in [0, 0.05) is 18.8 Å². The Labute approximate surface area is 127 Å². The van der Waals surface area contributed by atoms with E-state index in [1.54, 1.807) is 30.6 Å². The Morgan fingerprint density at radius 3 is 2.86 bits per heavy atom. The number of pyridine rings is 1. The molecule has 3 rings (SSSR count). The number of aromatic nitrogens is 1. The Hall–Kier alpha value is -2.82. The minimum atomic E-state index is -0.474. The second-order valence-corrected chi connectivity index (χ2v) is 4.84. The van der Waals surface area contributed by atoms with E-state index in [0.717, 1.165) is 11.1 Å². The molecular formula is C17H13FN2O2. The van der Waals surface area contributed by atoms with Crippen LogP contribution in [0, 0.1) is 5.82 Å². The minimum absolute atomic E-state index is 0.252. The Morgan fingerprint density at radius 2 is 2.09 bits per heavy atom. The van der Waals surface area contributed by atoms with Crippen LogP contribution in [0.2, 0.25) is 0 Å². The first-order chi connectivity index (χ1) is 10.7. The molecule has 0 unspecified atom stereocenters. The van der Waals surface area contributed by atoms with Crippen molar-refractivity contribution in [3.63, 3.8) is 0 Å². The normalized spacial score (nSPS) is 15.8. The van der Waals surface area contributed by atoms with Gasteiger partial charge in [0.25, 0.3) is 0 Å². The van der Waals surface area contributed by atoms with Crippen LogP contribution in [-0.2, 0) is 16.0 Å². The first-order valence-corrected chi connectivity index (χ1v) is 6.86. The van der Waals surface area contributed by atoms with Crippen molar-refractivity contribution < 1.29 is 13.9 Å². The smallest absolute Gasteiger partial charge is 0.363 e. The number of carbonyl (C=O) groups is 1. The van der Waals surface area contributed by atoms with Gasteiger partial charge in [0.1, 0.15) is 5.82 Å². The van der Waals surface area contributed by atoms with Gasteiger partial charge in [-0.05, 0) is 41.8 Å². The molecule has 1 aromatic carbocycles. The number of nitrogens with zero attached hydrogens (tertiary/aromatic N) is 2. The van der Waals surface area contributed by atoms with E-state index in [2.05, 4.69) is 9.98 Å². The molecule has 1 aliphatic rings. The average Bonchev–Trinajstić information content (AvgIpc) is 2.87. The van der Waals surface area contributed by atoms with E-state index < -0.39 is 5.97 Å². The molecule has 0 saturated carbocycles. The van der Waals surface area contributed by atoms with Crippen LogP contribution in [0.1, 0.15) is 17.5 Å². The first kappa shape index (κ1) is 14.1. The van der Waals surface area contributed by atoms with Gasteiger partial charge in [0.2, 0.25) is 0 Å². The maximum Gasteiger partial charge on any atom is 0.363 e. The SMILES string of the molecule is O=C1OC(CCc2cccc(F)c2)=N/C1=C/c1cccnc1. The summed E-state index contributed by atoms with van der Waals surface area (Å²) in [6.45, 7) is 0. The molecule has 0 spiro atoms.